The molecule has 2 bridgehead atoms. The second-order valence-corrected chi connectivity index (χ2v) is 9.42. The number of hydroxylamine groups is 2. The van der Waals surface area contributed by atoms with E-state index in [4.69, 9.17) is 9.57 Å². The van der Waals surface area contributed by atoms with Crippen molar-refractivity contribution >= 4 is 23.9 Å². The van der Waals surface area contributed by atoms with Crippen LogP contribution in [0.1, 0.15) is 67.2 Å². The highest BCUT2D eigenvalue weighted by molar-refractivity contribution is 6.20. The zero-order chi connectivity index (χ0) is 21.7. The van der Waals surface area contributed by atoms with Gasteiger partial charge in [-0.25, -0.2) is 9.59 Å². The Labute approximate surface area is 174 Å². The Morgan fingerprint density at radius 3 is 2.27 bits per heavy atom. The fraction of sp³-hybridized carbons (Fsp3) is 0.545. The molecule has 0 aromatic heterocycles. The molecule has 2 fully saturated rings. The fourth-order valence-electron chi connectivity index (χ4n) is 4.95. The van der Waals surface area contributed by atoms with Crippen molar-refractivity contribution in [2.24, 2.45) is 17.3 Å². The number of benzene rings is 1. The maximum atomic E-state index is 13.3. The Kier molecular flexibility index (Phi) is 4.83. The quantitative estimate of drug-likeness (QED) is 0.760. The zero-order valence-electron chi connectivity index (χ0n) is 17.4. The molecule has 3 amide bonds. The molecule has 3 aliphatic rings. The van der Waals surface area contributed by atoms with Gasteiger partial charge in [0.15, 0.2) is 0 Å². The molecule has 0 radical (unpaired) electrons. The summed E-state index contributed by atoms with van der Waals surface area (Å²) in [6.07, 6.45) is 2.68. The molecule has 2 aliphatic carbocycles. The maximum absolute atomic E-state index is 13.3. The van der Waals surface area contributed by atoms with Gasteiger partial charge in [0.1, 0.15) is 5.60 Å². The van der Waals surface area contributed by atoms with Crippen LogP contribution in [-0.2, 0) is 14.4 Å². The number of alkyl carbamates (subject to hydrolysis) is 1. The van der Waals surface area contributed by atoms with Crippen molar-refractivity contribution in [3.05, 3.63) is 35.4 Å². The number of hydrogen-bond donors (Lipinski definition) is 1. The minimum absolute atomic E-state index is 0.0279. The fourth-order valence-corrected chi connectivity index (χ4v) is 4.95. The SMILES string of the molecule is CC(C)(C)OC(=O)NCC1(C(=O)ON2C(=O)c3ccccc3C2=O)CC2CCC1C2. The molecule has 2 saturated carbocycles. The third-order valence-corrected chi connectivity index (χ3v) is 6.26. The number of ether oxygens (including phenoxy) is 1. The van der Waals surface area contributed by atoms with Gasteiger partial charge in [0, 0.05) is 6.54 Å². The third kappa shape index (κ3) is 3.44. The summed E-state index contributed by atoms with van der Waals surface area (Å²) in [4.78, 5) is 56.0. The van der Waals surface area contributed by atoms with Crippen molar-refractivity contribution in [1.82, 2.24) is 10.4 Å². The molecule has 3 atom stereocenters. The minimum Gasteiger partial charge on any atom is -0.444 e. The highest BCUT2D eigenvalue weighted by atomic mass is 16.7. The van der Waals surface area contributed by atoms with Crippen LogP contribution in [0.25, 0.3) is 0 Å². The Morgan fingerprint density at radius 1 is 1.13 bits per heavy atom. The Hall–Kier alpha value is -2.90. The first kappa shape index (κ1) is 20.4. The van der Waals surface area contributed by atoms with Gasteiger partial charge >= 0.3 is 12.1 Å². The Morgan fingerprint density at radius 2 is 1.77 bits per heavy atom. The normalized spacial score (nSPS) is 27.2. The lowest BCUT2D eigenvalue weighted by Gasteiger charge is -2.35. The van der Waals surface area contributed by atoms with E-state index in [0.29, 0.717) is 17.4 Å². The smallest absolute Gasteiger partial charge is 0.407 e. The number of imide groups is 1. The highest BCUT2D eigenvalue weighted by Crippen LogP contribution is 2.56. The largest absolute Gasteiger partial charge is 0.444 e. The first-order valence-corrected chi connectivity index (χ1v) is 10.3. The van der Waals surface area contributed by atoms with Gasteiger partial charge in [-0.3, -0.25) is 9.59 Å². The summed E-state index contributed by atoms with van der Waals surface area (Å²) in [6, 6.07) is 6.36. The van der Waals surface area contributed by atoms with E-state index in [1.807, 2.05) is 0 Å². The van der Waals surface area contributed by atoms with Crippen molar-refractivity contribution < 1.29 is 28.8 Å². The van der Waals surface area contributed by atoms with Crippen LogP contribution in [0, 0.1) is 17.3 Å². The van der Waals surface area contributed by atoms with E-state index in [-0.39, 0.29) is 23.6 Å². The summed E-state index contributed by atoms with van der Waals surface area (Å²) in [6.45, 7) is 5.33. The van der Waals surface area contributed by atoms with Crippen molar-refractivity contribution in [2.75, 3.05) is 6.54 Å². The highest BCUT2D eigenvalue weighted by Gasteiger charge is 2.58. The molecule has 4 rings (SSSR count). The molecule has 8 nitrogen and oxygen atoms in total. The van der Waals surface area contributed by atoms with Crippen LogP contribution in [-0.4, -0.2) is 41.1 Å². The number of nitrogens with zero attached hydrogens (tertiary/aromatic N) is 1. The monoisotopic (exact) mass is 414 g/mol. The molecule has 1 heterocycles. The lowest BCUT2D eigenvalue weighted by atomic mass is 9.73. The Bertz CT molecular complexity index is 885. The molecule has 0 saturated heterocycles. The van der Waals surface area contributed by atoms with E-state index in [2.05, 4.69) is 5.32 Å². The first-order valence-electron chi connectivity index (χ1n) is 10.3. The van der Waals surface area contributed by atoms with Crippen molar-refractivity contribution in [3.63, 3.8) is 0 Å². The molecule has 30 heavy (non-hydrogen) atoms. The van der Waals surface area contributed by atoms with Gasteiger partial charge < -0.3 is 14.9 Å². The number of carbonyl (C=O) groups excluding carboxylic acids is 4. The lowest BCUT2D eigenvalue weighted by Crippen LogP contribution is -2.50. The van der Waals surface area contributed by atoms with Crippen LogP contribution in [0.15, 0.2) is 24.3 Å². The van der Waals surface area contributed by atoms with Gasteiger partial charge in [-0.05, 0) is 64.0 Å². The van der Waals surface area contributed by atoms with E-state index in [0.717, 1.165) is 19.3 Å². The summed E-state index contributed by atoms with van der Waals surface area (Å²) < 4.78 is 5.29. The summed E-state index contributed by atoms with van der Waals surface area (Å²) >= 11 is 0. The molecule has 160 valence electrons. The lowest BCUT2D eigenvalue weighted by molar-refractivity contribution is -0.184. The number of fused-ring (bicyclic) bond motifs is 3. The summed E-state index contributed by atoms with van der Waals surface area (Å²) in [5.41, 5.74) is -1.21. The van der Waals surface area contributed by atoms with Gasteiger partial charge in [0.05, 0.1) is 16.5 Å². The molecular formula is C22H26N2O6. The predicted molar refractivity (Wildman–Crippen MR) is 105 cm³/mol. The molecule has 1 aromatic carbocycles. The standard InChI is InChI=1S/C22H26N2O6/c1-21(2,3)29-20(28)23-12-22(11-13-8-9-14(22)10-13)19(27)30-24-17(25)15-6-4-5-7-16(15)18(24)26/h4-7,13-14H,8-12H2,1-3H3,(H,23,28). The molecule has 1 aromatic rings. The maximum Gasteiger partial charge on any atom is 0.407 e. The average Bonchev–Trinajstić information content (AvgIpc) is 3.35. The number of nitrogens with one attached hydrogen (secondary N) is 1. The average molecular weight is 414 g/mol. The summed E-state index contributed by atoms with van der Waals surface area (Å²) in [7, 11) is 0. The van der Waals surface area contributed by atoms with Crippen LogP contribution in [0.4, 0.5) is 4.79 Å². The van der Waals surface area contributed by atoms with Crippen LogP contribution < -0.4 is 5.32 Å². The molecule has 1 N–H and O–H groups in total. The van der Waals surface area contributed by atoms with Gasteiger partial charge in [0.2, 0.25) is 0 Å². The topological polar surface area (TPSA) is 102 Å². The minimum atomic E-state index is -0.977. The first-order chi connectivity index (χ1) is 14.1. The summed E-state index contributed by atoms with van der Waals surface area (Å²) in [5, 5.41) is 3.25. The van der Waals surface area contributed by atoms with Crippen LogP contribution >= 0.6 is 0 Å². The van der Waals surface area contributed by atoms with Crippen molar-refractivity contribution in [3.8, 4) is 0 Å². The molecular weight excluding hydrogens is 388 g/mol. The number of hydrogen-bond acceptors (Lipinski definition) is 6. The molecule has 3 unspecified atom stereocenters. The van der Waals surface area contributed by atoms with Gasteiger partial charge in [0.25, 0.3) is 11.8 Å². The van der Waals surface area contributed by atoms with E-state index in [1.165, 1.54) is 12.1 Å². The Balaban J connectivity index is 1.51. The van der Waals surface area contributed by atoms with Crippen LogP contribution in [0.3, 0.4) is 0 Å². The number of rotatable bonds is 4. The van der Waals surface area contributed by atoms with Gasteiger partial charge in [-0.1, -0.05) is 23.6 Å². The molecule has 1 aliphatic heterocycles. The van der Waals surface area contributed by atoms with Crippen LogP contribution in [0.2, 0.25) is 0 Å². The predicted octanol–water partition coefficient (Wildman–Crippen LogP) is 3.07. The third-order valence-electron chi connectivity index (χ3n) is 6.26. The van der Waals surface area contributed by atoms with Gasteiger partial charge in [-0.15, -0.1) is 0 Å². The van der Waals surface area contributed by atoms with E-state index in [1.54, 1.807) is 32.9 Å². The van der Waals surface area contributed by atoms with E-state index in [9.17, 15) is 19.2 Å². The van der Waals surface area contributed by atoms with Gasteiger partial charge in [-0.2, -0.15) is 0 Å². The second kappa shape index (κ2) is 7.11. The van der Waals surface area contributed by atoms with E-state index >= 15 is 0 Å². The number of carbonyl (C=O) groups is 4. The molecule has 8 heteroatoms. The zero-order valence-corrected chi connectivity index (χ0v) is 17.4. The van der Waals surface area contributed by atoms with Crippen molar-refractivity contribution in [2.45, 2.75) is 52.1 Å². The number of amides is 3. The second-order valence-electron chi connectivity index (χ2n) is 9.42. The molecule has 0 spiro atoms. The summed E-state index contributed by atoms with van der Waals surface area (Å²) in [5.74, 6) is -1.56. The van der Waals surface area contributed by atoms with E-state index < -0.39 is 34.9 Å². The van der Waals surface area contributed by atoms with Crippen molar-refractivity contribution in [1.29, 1.82) is 0 Å². The van der Waals surface area contributed by atoms with Crippen LogP contribution in [0.5, 0.6) is 0 Å².